The zero-order valence-electron chi connectivity index (χ0n) is 16.1. The van der Waals surface area contributed by atoms with Crippen LogP contribution in [0.3, 0.4) is 0 Å². The molecule has 0 radical (unpaired) electrons. The van der Waals surface area contributed by atoms with Crippen LogP contribution < -0.4 is 10.1 Å². The molecule has 5 heteroatoms. The normalized spacial score (nSPS) is 11.0. The molecule has 0 saturated carbocycles. The molecule has 136 valence electrons. The summed E-state index contributed by atoms with van der Waals surface area (Å²) in [6, 6.07) is 5.76. The Kier molecular flexibility index (Phi) is 6.23. The molecule has 1 aromatic heterocycles. The van der Waals surface area contributed by atoms with Gasteiger partial charge < -0.3 is 10.1 Å². The number of carbonyl (C=O) groups is 1. The number of nitrogens with one attached hydrogen (secondary N) is 1. The molecule has 0 atom stereocenters. The summed E-state index contributed by atoms with van der Waals surface area (Å²) < 4.78 is 7.37. The van der Waals surface area contributed by atoms with E-state index in [-0.39, 0.29) is 5.91 Å². The van der Waals surface area contributed by atoms with Crippen LogP contribution in [-0.2, 0) is 17.8 Å². The van der Waals surface area contributed by atoms with E-state index in [0.717, 1.165) is 29.2 Å². The number of amides is 1. The third-order valence-corrected chi connectivity index (χ3v) is 4.30. The zero-order chi connectivity index (χ0) is 18.6. The summed E-state index contributed by atoms with van der Waals surface area (Å²) in [6.07, 6.45) is 1.11. The molecule has 2 rings (SSSR count). The molecule has 0 bridgehead atoms. The van der Waals surface area contributed by atoms with Crippen molar-refractivity contribution in [2.24, 2.45) is 5.92 Å². The standard InChI is InChI=1S/C20H29N3O2/c1-13(2)12-23-16(5)17(15(4)22-23)8-10-20(24)21-18-11-14(3)7-9-19(18)25-6/h7,9,11,13H,8,10,12H2,1-6H3,(H,21,24). The summed E-state index contributed by atoms with van der Waals surface area (Å²) in [5.74, 6) is 1.21. The van der Waals surface area contributed by atoms with Crippen LogP contribution in [0.15, 0.2) is 18.2 Å². The molecule has 0 fully saturated rings. The van der Waals surface area contributed by atoms with Crippen LogP contribution in [0.25, 0.3) is 0 Å². The van der Waals surface area contributed by atoms with Gasteiger partial charge in [0.05, 0.1) is 18.5 Å². The Labute approximate surface area is 150 Å². The number of benzene rings is 1. The highest BCUT2D eigenvalue weighted by atomic mass is 16.5. The number of ether oxygens (including phenoxy) is 1. The highest BCUT2D eigenvalue weighted by molar-refractivity contribution is 5.92. The number of aromatic nitrogens is 2. The lowest BCUT2D eigenvalue weighted by molar-refractivity contribution is -0.116. The molecular weight excluding hydrogens is 314 g/mol. The van der Waals surface area contributed by atoms with Gasteiger partial charge in [0.15, 0.2) is 0 Å². The summed E-state index contributed by atoms with van der Waals surface area (Å²) in [7, 11) is 1.61. The average Bonchev–Trinajstić information content (AvgIpc) is 2.79. The fourth-order valence-corrected chi connectivity index (χ4v) is 2.99. The van der Waals surface area contributed by atoms with E-state index >= 15 is 0 Å². The van der Waals surface area contributed by atoms with Crippen LogP contribution >= 0.6 is 0 Å². The van der Waals surface area contributed by atoms with Gasteiger partial charge in [-0.15, -0.1) is 0 Å². The Morgan fingerprint density at radius 1 is 1.28 bits per heavy atom. The molecule has 1 amide bonds. The van der Waals surface area contributed by atoms with Gasteiger partial charge >= 0.3 is 0 Å². The molecule has 5 nitrogen and oxygen atoms in total. The molecule has 25 heavy (non-hydrogen) atoms. The lowest BCUT2D eigenvalue weighted by Crippen LogP contribution is -2.14. The first-order valence-electron chi connectivity index (χ1n) is 8.79. The van der Waals surface area contributed by atoms with Gasteiger partial charge in [-0.1, -0.05) is 19.9 Å². The second kappa shape index (κ2) is 8.19. The van der Waals surface area contributed by atoms with Crippen LogP contribution in [-0.4, -0.2) is 22.8 Å². The Hall–Kier alpha value is -2.30. The first-order chi connectivity index (χ1) is 11.8. The van der Waals surface area contributed by atoms with Gasteiger partial charge in [-0.05, 0) is 56.4 Å². The SMILES string of the molecule is COc1ccc(C)cc1NC(=O)CCc1c(C)nn(CC(C)C)c1C. The van der Waals surface area contributed by atoms with E-state index in [9.17, 15) is 4.79 Å². The van der Waals surface area contributed by atoms with E-state index in [2.05, 4.69) is 35.9 Å². The summed E-state index contributed by atoms with van der Waals surface area (Å²) in [5.41, 5.74) is 5.15. The maximum Gasteiger partial charge on any atom is 0.224 e. The Balaban J connectivity index is 2.03. The molecule has 0 spiro atoms. The molecule has 0 unspecified atom stereocenters. The maximum atomic E-state index is 12.4. The predicted octanol–water partition coefficient (Wildman–Crippen LogP) is 4.04. The van der Waals surface area contributed by atoms with Crippen LogP contribution in [0.5, 0.6) is 5.75 Å². The summed E-state index contributed by atoms with van der Waals surface area (Å²) in [6.45, 7) is 11.3. The van der Waals surface area contributed by atoms with Gasteiger partial charge in [0.1, 0.15) is 5.75 Å². The quantitative estimate of drug-likeness (QED) is 0.825. The second-order valence-electron chi connectivity index (χ2n) is 6.98. The molecule has 1 aromatic carbocycles. The number of hydrogen-bond donors (Lipinski definition) is 1. The monoisotopic (exact) mass is 343 g/mol. The van der Waals surface area contributed by atoms with Gasteiger partial charge in [0, 0.05) is 18.7 Å². The predicted molar refractivity (Wildman–Crippen MR) is 101 cm³/mol. The van der Waals surface area contributed by atoms with Gasteiger partial charge in [0.2, 0.25) is 5.91 Å². The summed E-state index contributed by atoms with van der Waals surface area (Å²) in [4.78, 5) is 12.4. The summed E-state index contributed by atoms with van der Waals surface area (Å²) >= 11 is 0. The minimum absolute atomic E-state index is 0.0145. The van der Waals surface area contributed by atoms with E-state index in [1.54, 1.807) is 7.11 Å². The lowest BCUT2D eigenvalue weighted by atomic mass is 10.1. The fraction of sp³-hybridized carbons (Fsp3) is 0.500. The molecule has 0 aliphatic heterocycles. The molecular formula is C20H29N3O2. The summed E-state index contributed by atoms with van der Waals surface area (Å²) in [5, 5.41) is 7.58. The minimum Gasteiger partial charge on any atom is -0.495 e. The molecule has 2 aromatic rings. The smallest absolute Gasteiger partial charge is 0.224 e. The van der Waals surface area contributed by atoms with E-state index in [4.69, 9.17) is 4.74 Å². The minimum atomic E-state index is -0.0145. The largest absolute Gasteiger partial charge is 0.495 e. The third kappa shape index (κ3) is 4.84. The van der Waals surface area contributed by atoms with Crippen molar-refractivity contribution in [3.05, 3.63) is 40.7 Å². The van der Waals surface area contributed by atoms with Crippen molar-refractivity contribution in [3.63, 3.8) is 0 Å². The lowest BCUT2D eigenvalue weighted by Gasteiger charge is -2.11. The number of nitrogens with zero attached hydrogens (tertiary/aromatic N) is 2. The van der Waals surface area contributed by atoms with Crippen LogP contribution in [0.1, 0.15) is 42.8 Å². The Bertz CT molecular complexity index is 748. The van der Waals surface area contributed by atoms with Gasteiger partial charge in [-0.25, -0.2) is 0 Å². The first kappa shape index (κ1) is 19.0. The van der Waals surface area contributed by atoms with E-state index in [1.807, 2.05) is 32.0 Å². The topological polar surface area (TPSA) is 56.1 Å². The van der Waals surface area contributed by atoms with E-state index < -0.39 is 0 Å². The first-order valence-corrected chi connectivity index (χ1v) is 8.79. The zero-order valence-corrected chi connectivity index (χ0v) is 16.1. The average molecular weight is 343 g/mol. The molecule has 0 saturated heterocycles. The van der Waals surface area contributed by atoms with Crippen LogP contribution in [0.4, 0.5) is 5.69 Å². The van der Waals surface area contributed by atoms with Crippen molar-refractivity contribution in [1.29, 1.82) is 0 Å². The Morgan fingerprint density at radius 3 is 2.64 bits per heavy atom. The van der Waals surface area contributed by atoms with Crippen molar-refractivity contribution in [1.82, 2.24) is 9.78 Å². The number of rotatable bonds is 7. The number of anilines is 1. The number of methoxy groups -OCH3 is 1. The molecule has 0 aliphatic rings. The maximum absolute atomic E-state index is 12.4. The van der Waals surface area contributed by atoms with Gasteiger partial charge in [-0.3, -0.25) is 9.48 Å². The van der Waals surface area contributed by atoms with Crippen LogP contribution in [0, 0.1) is 26.7 Å². The van der Waals surface area contributed by atoms with Gasteiger partial charge in [0.25, 0.3) is 0 Å². The number of carbonyl (C=O) groups excluding carboxylic acids is 1. The van der Waals surface area contributed by atoms with E-state index in [1.165, 1.54) is 5.56 Å². The number of hydrogen-bond acceptors (Lipinski definition) is 3. The van der Waals surface area contributed by atoms with Crippen molar-refractivity contribution in [3.8, 4) is 5.75 Å². The van der Waals surface area contributed by atoms with Crippen molar-refractivity contribution in [2.45, 2.75) is 54.0 Å². The van der Waals surface area contributed by atoms with Crippen molar-refractivity contribution < 1.29 is 9.53 Å². The highest BCUT2D eigenvalue weighted by Crippen LogP contribution is 2.25. The molecule has 1 N–H and O–H groups in total. The molecule has 0 aliphatic carbocycles. The van der Waals surface area contributed by atoms with Crippen molar-refractivity contribution >= 4 is 11.6 Å². The Morgan fingerprint density at radius 2 is 2.00 bits per heavy atom. The molecule has 1 heterocycles. The second-order valence-corrected chi connectivity index (χ2v) is 6.98. The third-order valence-electron chi connectivity index (χ3n) is 4.30. The van der Waals surface area contributed by atoms with Crippen LogP contribution in [0.2, 0.25) is 0 Å². The van der Waals surface area contributed by atoms with Gasteiger partial charge in [-0.2, -0.15) is 5.10 Å². The van der Waals surface area contributed by atoms with Crippen molar-refractivity contribution in [2.75, 3.05) is 12.4 Å². The van der Waals surface area contributed by atoms with E-state index in [0.29, 0.717) is 24.5 Å². The number of aryl methyl sites for hydroxylation is 2. The highest BCUT2D eigenvalue weighted by Gasteiger charge is 2.14. The fourth-order valence-electron chi connectivity index (χ4n) is 2.99.